The molecule has 1 aromatic carbocycles. The van der Waals surface area contributed by atoms with Crippen LogP contribution in [0.1, 0.15) is 11.1 Å². The van der Waals surface area contributed by atoms with Crippen molar-refractivity contribution in [2.24, 2.45) is 0 Å². The molecule has 0 amide bonds. The Balaban J connectivity index is 3.34. The van der Waals surface area contributed by atoms with Crippen LogP contribution in [0.2, 0.25) is 0 Å². The molecule has 94 valence electrons. The molecule has 0 saturated heterocycles. The Morgan fingerprint density at radius 1 is 1.41 bits per heavy atom. The highest BCUT2D eigenvalue weighted by Crippen LogP contribution is 2.28. The summed E-state index contributed by atoms with van der Waals surface area (Å²) < 4.78 is 31.7. The molecular formula is C12H17NO3S. The molecule has 0 aliphatic carbocycles. The van der Waals surface area contributed by atoms with E-state index in [1.165, 1.54) is 13.2 Å². The van der Waals surface area contributed by atoms with Gasteiger partial charge in [0.2, 0.25) is 10.0 Å². The molecule has 17 heavy (non-hydrogen) atoms. The maximum atomic E-state index is 12.1. The summed E-state index contributed by atoms with van der Waals surface area (Å²) in [5, 5.41) is 0. The van der Waals surface area contributed by atoms with E-state index in [0.29, 0.717) is 11.3 Å². The van der Waals surface area contributed by atoms with Crippen molar-refractivity contribution in [3.05, 3.63) is 35.9 Å². The minimum atomic E-state index is -3.56. The van der Waals surface area contributed by atoms with Crippen molar-refractivity contribution in [2.45, 2.75) is 18.7 Å². The Bertz CT molecular complexity index is 521. The first-order valence-electron chi connectivity index (χ1n) is 5.18. The standard InChI is InChI=1S/C12H17NO3S/c1-5-6-13-17(14,15)12-10(3)7-9(2)8-11(12)16-4/h5,7-8,13H,1,6H2,2-4H3. The molecule has 1 aromatic rings. The number of sulfonamides is 1. The summed E-state index contributed by atoms with van der Waals surface area (Å²) in [6.07, 6.45) is 1.49. The molecule has 0 spiro atoms. The van der Waals surface area contributed by atoms with Crippen LogP contribution in [-0.2, 0) is 10.0 Å². The summed E-state index contributed by atoms with van der Waals surface area (Å²) in [5.74, 6) is 0.360. The molecule has 0 bridgehead atoms. The zero-order chi connectivity index (χ0) is 13.1. The minimum Gasteiger partial charge on any atom is -0.495 e. The Hall–Kier alpha value is -1.33. The lowest BCUT2D eigenvalue weighted by atomic mass is 10.1. The second-order valence-electron chi connectivity index (χ2n) is 3.75. The average molecular weight is 255 g/mol. The van der Waals surface area contributed by atoms with Gasteiger partial charge < -0.3 is 4.74 Å². The first-order chi connectivity index (χ1) is 7.92. The Labute approximate surface area is 102 Å². The smallest absolute Gasteiger partial charge is 0.244 e. The van der Waals surface area contributed by atoms with E-state index in [9.17, 15) is 8.42 Å². The maximum Gasteiger partial charge on any atom is 0.244 e. The second-order valence-corrected chi connectivity index (χ2v) is 5.46. The van der Waals surface area contributed by atoms with E-state index in [1.807, 2.05) is 13.0 Å². The molecule has 0 heterocycles. The fourth-order valence-corrected chi connectivity index (χ4v) is 3.02. The maximum absolute atomic E-state index is 12.1. The first kappa shape index (κ1) is 13.7. The topological polar surface area (TPSA) is 55.4 Å². The molecule has 0 saturated carbocycles. The van der Waals surface area contributed by atoms with Crippen molar-refractivity contribution in [3.8, 4) is 5.75 Å². The number of aryl methyl sites for hydroxylation is 2. The van der Waals surface area contributed by atoms with Crippen LogP contribution in [0.4, 0.5) is 0 Å². The zero-order valence-corrected chi connectivity index (χ0v) is 11.1. The number of methoxy groups -OCH3 is 1. The normalized spacial score (nSPS) is 11.2. The fraction of sp³-hybridized carbons (Fsp3) is 0.333. The Morgan fingerprint density at radius 3 is 2.59 bits per heavy atom. The average Bonchev–Trinajstić information content (AvgIpc) is 2.24. The third-order valence-corrected chi connectivity index (χ3v) is 3.90. The lowest BCUT2D eigenvalue weighted by molar-refractivity contribution is 0.401. The van der Waals surface area contributed by atoms with Gasteiger partial charge in [-0.2, -0.15) is 0 Å². The van der Waals surface area contributed by atoms with Crippen LogP contribution in [0.15, 0.2) is 29.7 Å². The number of hydrogen-bond donors (Lipinski definition) is 1. The summed E-state index contributed by atoms with van der Waals surface area (Å²) in [7, 11) is -2.10. The summed E-state index contributed by atoms with van der Waals surface area (Å²) in [4.78, 5) is 0.187. The van der Waals surface area contributed by atoms with Gasteiger partial charge in [-0.15, -0.1) is 6.58 Å². The number of nitrogens with one attached hydrogen (secondary N) is 1. The number of benzene rings is 1. The lowest BCUT2D eigenvalue weighted by Crippen LogP contribution is -2.25. The molecule has 1 rings (SSSR count). The number of hydrogen-bond acceptors (Lipinski definition) is 3. The molecule has 0 radical (unpaired) electrons. The largest absolute Gasteiger partial charge is 0.495 e. The Kier molecular flexibility index (Phi) is 4.31. The molecule has 1 N–H and O–H groups in total. The van der Waals surface area contributed by atoms with Crippen LogP contribution in [0.3, 0.4) is 0 Å². The number of ether oxygens (including phenoxy) is 1. The molecular weight excluding hydrogens is 238 g/mol. The zero-order valence-electron chi connectivity index (χ0n) is 10.3. The Morgan fingerprint density at radius 2 is 2.06 bits per heavy atom. The fourth-order valence-electron chi connectivity index (χ4n) is 1.65. The third-order valence-electron chi connectivity index (χ3n) is 2.29. The SMILES string of the molecule is C=CCNS(=O)(=O)c1c(C)cc(C)cc1OC. The van der Waals surface area contributed by atoms with Crippen molar-refractivity contribution < 1.29 is 13.2 Å². The van der Waals surface area contributed by atoms with Crippen LogP contribution in [0.25, 0.3) is 0 Å². The van der Waals surface area contributed by atoms with E-state index in [2.05, 4.69) is 11.3 Å². The minimum absolute atomic E-state index is 0.187. The van der Waals surface area contributed by atoms with Crippen molar-refractivity contribution in [1.82, 2.24) is 4.72 Å². The van der Waals surface area contributed by atoms with Gasteiger partial charge in [-0.1, -0.05) is 12.1 Å². The molecule has 5 heteroatoms. The van der Waals surface area contributed by atoms with E-state index in [0.717, 1.165) is 5.56 Å². The van der Waals surface area contributed by atoms with Gasteiger partial charge in [0.05, 0.1) is 7.11 Å². The van der Waals surface area contributed by atoms with Gasteiger partial charge >= 0.3 is 0 Å². The van der Waals surface area contributed by atoms with Crippen LogP contribution in [0, 0.1) is 13.8 Å². The van der Waals surface area contributed by atoms with Gasteiger partial charge in [0, 0.05) is 6.54 Å². The van der Waals surface area contributed by atoms with Crippen LogP contribution in [-0.4, -0.2) is 22.1 Å². The van der Waals surface area contributed by atoms with E-state index >= 15 is 0 Å². The molecule has 4 nitrogen and oxygen atoms in total. The quantitative estimate of drug-likeness (QED) is 0.816. The predicted molar refractivity (Wildman–Crippen MR) is 67.9 cm³/mol. The first-order valence-corrected chi connectivity index (χ1v) is 6.66. The molecule has 0 fully saturated rings. The summed E-state index contributed by atoms with van der Waals surface area (Å²) in [5.41, 5.74) is 1.63. The van der Waals surface area contributed by atoms with E-state index < -0.39 is 10.0 Å². The molecule has 0 atom stereocenters. The summed E-state index contributed by atoms with van der Waals surface area (Å²) in [6.45, 7) is 7.31. The number of rotatable bonds is 5. The van der Waals surface area contributed by atoms with E-state index in [-0.39, 0.29) is 11.4 Å². The van der Waals surface area contributed by atoms with Gasteiger partial charge in [-0.3, -0.25) is 0 Å². The molecule has 0 aromatic heterocycles. The van der Waals surface area contributed by atoms with Crippen molar-refractivity contribution in [3.63, 3.8) is 0 Å². The van der Waals surface area contributed by atoms with Crippen LogP contribution >= 0.6 is 0 Å². The van der Waals surface area contributed by atoms with Gasteiger partial charge in [0.15, 0.2) is 0 Å². The lowest BCUT2D eigenvalue weighted by Gasteiger charge is -2.13. The van der Waals surface area contributed by atoms with Crippen LogP contribution in [0.5, 0.6) is 5.75 Å². The van der Waals surface area contributed by atoms with E-state index in [1.54, 1.807) is 13.0 Å². The van der Waals surface area contributed by atoms with Crippen molar-refractivity contribution >= 4 is 10.0 Å². The summed E-state index contributed by atoms with van der Waals surface area (Å²) in [6, 6.07) is 3.51. The van der Waals surface area contributed by atoms with Gasteiger partial charge in [-0.05, 0) is 31.0 Å². The molecule has 0 aliphatic heterocycles. The monoisotopic (exact) mass is 255 g/mol. The summed E-state index contributed by atoms with van der Waals surface area (Å²) >= 11 is 0. The highest BCUT2D eigenvalue weighted by atomic mass is 32.2. The van der Waals surface area contributed by atoms with Gasteiger partial charge in [0.25, 0.3) is 0 Å². The van der Waals surface area contributed by atoms with Crippen LogP contribution < -0.4 is 9.46 Å². The highest BCUT2D eigenvalue weighted by molar-refractivity contribution is 7.89. The van der Waals surface area contributed by atoms with Crippen molar-refractivity contribution in [1.29, 1.82) is 0 Å². The predicted octanol–water partition coefficient (Wildman–Crippen LogP) is 1.78. The van der Waals surface area contributed by atoms with Gasteiger partial charge in [0.1, 0.15) is 10.6 Å². The van der Waals surface area contributed by atoms with E-state index in [4.69, 9.17) is 4.74 Å². The highest BCUT2D eigenvalue weighted by Gasteiger charge is 2.21. The molecule has 0 unspecified atom stereocenters. The second kappa shape index (κ2) is 5.33. The third kappa shape index (κ3) is 3.08. The van der Waals surface area contributed by atoms with Gasteiger partial charge in [-0.25, -0.2) is 13.1 Å². The molecule has 0 aliphatic rings. The van der Waals surface area contributed by atoms with Crippen molar-refractivity contribution in [2.75, 3.05) is 13.7 Å².